The van der Waals surface area contributed by atoms with Crippen molar-refractivity contribution >= 4 is 0 Å². The Balaban J connectivity index is 2.15. The van der Waals surface area contributed by atoms with E-state index in [2.05, 4.69) is 5.16 Å². The van der Waals surface area contributed by atoms with Crippen LogP contribution in [-0.4, -0.2) is 5.16 Å². The Morgan fingerprint density at radius 3 is 2.60 bits per heavy atom. The van der Waals surface area contributed by atoms with Crippen LogP contribution in [0.5, 0.6) is 0 Å². The van der Waals surface area contributed by atoms with Crippen LogP contribution in [0.4, 0.5) is 0 Å². The van der Waals surface area contributed by atoms with Gasteiger partial charge < -0.3 is 10.3 Å². The van der Waals surface area contributed by atoms with E-state index in [4.69, 9.17) is 10.3 Å². The summed E-state index contributed by atoms with van der Waals surface area (Å²) in [5.41, 5.74) is 8.10. The zero-order valence-electron chi connectivity index (χ0n) is 9.41. The number of nitrogens with two attached hydrogens (primary N) is 1. The fraction of sp³-hybridized carbons (Fsp3) is 0.750. The molecule has 1 heterocycles. The van der Waals surface area contributed by atoms with Gasteiger partial charge in [0.2, 0.25) is 0 Å². The van der Waals surface area contributed by atoms with E-state index in [1.165, 1.54) is 44.1 Å². The van der Waals surface area contributed by atoms with Crippen LogP contribution >= 0.6 is 0 Å². The van der Waals surface area contributed by atoms with Crippen molar-refractivity contribution < 1.29 is 4.52 Å². The second kappa shape index (κ2) is 4.79. The molecule has 0 spiro atoms. The Morgan fingerprint density at radius 1 is 1.33 bits per heavy atom. The third-order valence-corrected chi connectivity index (χ3v) is 3.35. The van der Waals surface area contributed by atoms with Gasteiger partial charge in [-0.3, -0.25) is 0 Å². The molecule has 84 valence electrons. The summed E-state index contributed by atoms with van der Waals surface area (Å²) in [6.45, 7) is 1.97. The van der Waals surface area contributed by atoms with Gasteiger partial charge in [-0.2, -0.15) is 0 Å². The average Bonchev–Trinajstić information content (AvgIpc) is 2.55. The summed E-state index contributed by atoms with van der Waals surface area (Å²) in [7, 11) is 0. The summed E-state index contributed by atoms with van der Waals surface area (Å²) in [6, 6.07) is -0.0120. The molecule has 3 nitrogen and oxygen atoms in total. The highest BCUT2D eigenvalue weighted by Gasteiger charge is 2.21. The molecule has 0 saturated heterocycles. The topological polar surface area (TPSA) is 52.0 Å². The molecule has 0 bridgehead atoms. The zero-order valence-corrected chi connectivity index (χ0v) is 9.41. The Bertz CT molecular complexity index is 298. The van der Waals surface area contributed by atoms with Crippen LogP contribution in [0.3, 0.4) is 0 Å². The second-order valence-corrected chi connectivity index (χ2v) is 4.63. The zero-order chi connectivity index (χ0) is 10.7. The molecule has 0 amide bonds. The average molecular weight is 208 g/mol. The van der Waals surface area contributed by atoms with Gasteiger partial charge in [0.1, 0.15) is 12.0 Å². The van der Waals surface area contributed by atoms with Gasteiger partial charge in [0.05, 0.1) is 0 Å². The number of aromatic nitrogens is 1. The highest BCUT2D eigenvalue weighted by molar-refractivity contribution is 5.22. The third kappa shape index (κ3) is 2.40. The lowest BCUT2D eigenvalue weighted by Crippen LogP contribution is -2.10. The highest BCUT2D eigenvalue weighted by Crippen LogP contribution is 2.34. The maximum Gasteiger partial charge on any atom is 0.127 e. The highest BCUT2D eigenvalue weighted by atomic mass is 16.5. The second-order valence-electron chi connectivity index (χ2n) is 4.63. The minimum Gasteiger partial charge on any atom is -0.364 e. The fourth-order valence-corrected chi connectivity index (χ4v) is 2.49. The van der Waals surface area contributed by atoms with E-state index in [0.29, 0.717) is 5.92 Å². The van der Waals surface area contributed by atoms with Crippen LogP contribution in [0.15, 0.2) is 10.8 Å². The molecule has 1 aromatic heterocycles. The summed E-state index contributed by atoms with van der Waals surface area (Å²) >= 11 is 0. The molecule has 3 heteroatoms. The number of nitrogens with zero attached hydrogens (tertiary/aromatic N) is 1. The van der Waals surface area contributed by atoms with Gasteiger partial charge >= 0.3 is 0 Å². The van der Waals surface area contributed by atoms with E-state index >= 15 is 0 Å². The summed E-state index contributed by atoms with van der Waals surface area (Å²) in [5.74, 6) is 0.625. The summed E-state index contributed by atoms with van der Waals surface area (Å²) in [5, 5.41) is 4.02. The molecule has 0 radical (unpaired) electrons. The summed E-state index contributed by atoms with van der Waals surface area (Å²) in [4.78, 5) is 0. The van der Waals surface area contributed by atoms with Gasteiger partial charge in [-0.15, -0.1) is 0 Å². The predicted molar refractivity (Wildman–Crippen MR) is 59.5 cm³/mol. The minimum atomic E-state index is -0.0120. The lowest BCUT2D eigenvalue weighted by molar-refractivity contribution is 0.406. The van der Waals surface area contributed by atoms with Crippen molar-refractivity contribution in [3.05, 3.63) is 17.5 Å². The normalized spacial score (nSPS) is 21.2. The van der Waals surface area contributed by atoms with Crippen molar-refractivity contribution in [2.75, 3.05) is 0 Å². The molecule has 0 aromatic carbocycles. The maximum absolute atomic E-state index is 5.88. The fourth-order valence-electron chi connectivity index (χ4n) is 2.49. The molecule has 1 aliphatic rings. The first-order valence-electron chi connectivity index (χ1n) is 5.99. The molecule has 1 unspecified atom stereocenters. The number of hydrogen-bond acceptors (Lipinski definition) is 3. The largest absolute Gasteiger partial charge is 0.364 e. The lowest BCUT2D eigenvalue weighted by Gasteiger charge is -2.14. The molecule has 2 rings (SSSR count). The smallest absolute Gasteiger partial charge is 0.127 e. The van der Waals surface area contributed by atoms with Crippen molar-refractivity contribution in [1.82, 2.24) is 5.16 Å². The van der Waals surface area contributed by atoms with Crippen molar-refractivity contribution in [2.24, 2.45) is 5.73 Å². The van der Waals surface area contributed by atoms with Crippen molar-refractivity contribution in [2.45, 2.75) is 57.4 Å². The maximum atomic E-state index is 5.88. The van der Waals surface area contributed by atoms with E-state index in [-0.39, 0.29) is 6.04 Å². The number of rotatable bonds is 2. The van der Waals surface area contributed by atoms with Crippen LogP contribution in [-0.2, 0) is 0 Å². The van der Waals surface area contributed by atoms with Gasteiger partial charge in [0, 0.05) is 11.6 Å². The van der Waals surface area contributed by atoms with E-state index in [0.717, 1.165) is 5.69 Å². The Hall–Kier alpha value is -0.830. The van der Waals surface area contributed by atoms with Crippen LogP contribution in [0.25, 0.3) is 0 Å². The molecule has 1 atom stereocenters. The standard InChI is InChI=1S/C12H20N2O/c1-9(13)12-11(8-15-14-12)10-6-4-2-3-5-7-10/h8-10H,2-7,13H2,1H3. The van der Waals surface area contributed by atoms with Gasteiger partial charge in [-0.05, 0) is 25.7 Å². The molecular weight excluding hydrogens is 188 g/mol. The first-order chi connectivity index (χ1) is 7.29. The monoisotopic (exact) mass is 208 g/mol. The van der Waals surface area contributed by atoms with E-state index in [1.54, 1.807) is 6.26 Å². The van der Waals surface area contributed by atoms with Gasteiger partial charge in [-0.1, -0.05) is 30.8 Å². The van der Waals surface area contributed by atoms with Crippen LogP contribution in [0.1, 0.15) is 68.7 Å². The third-order valence-electron chi connectivity index (χ3n) is 3.35. The molecule has 1 saturated carbocycles. The van der Waals surface area contributed by atoms with E-state index < -0.39 is 0 Å². The first-order valence-corrected chi connectivity index (χ1v) is 5.99. The Morgan fingerprint density at radius 2 is 2.00 bits per heavy atom. The molecule has 15 heavy (non-hydrogen) atoms. The quantitative estimate of drug-likeness (QED) is 0.760. The van der Waals surface area contributed by atoms with Crippen molar-refractivity contribution in [1.29, 1.82) is 0 Å². The molecule has 1 fully saturated rings. The molecule has 1 aliphatic carbocycles. The summed E-state index contributed by atoms with van der Waals surface area (Å²) in [6.07, 6.45) is 9.73. The van der Waals surface area contributed by atoms with Gasteiger partial charge in [0.25, 0.3) is 0 Å². The van der Waals surface area contributed by atoms with Crippen LogP contribution in [0.2, 0.25) is 0 Å². The minimum absolute atomic E-state index is 0.0120. The van der Waals surface area contributed by atoms with Gasteiger partial charge in [-0.25, -0.2) is 0 Å². The Kier molecular flexibility index (Phi) is 3.41. The molecular formula is C12H20N2O. The van der Waals surface area contributed by atoms with E-state index in [9.17, 15) is 0 Å². The number of hydrogen-bond donors (Lipinski definition) is 1. The van der Waals surface area contributed by atoms with E-state index in [1.807, 2.05) is 6.92 Å². The Labute approximate surface area is 91.0 Å². The van der Waals surface area contributed by atoms with Crippen LogP contribution < -0.4 is 5.73 Å². The molecule has 1 aromatic rings. The van der Waals surface area contributed by atoms with Gasteiger partial charge in [0.15, 0.2) is 0 Å². The molecule has 2 N–H and O–H groups in total. The van der Waals surface area contributed by atoms with Crippen molar-refractivity contribution in [3.63, 3.8) is 0 Å². The first kappa shape index (κ1) is 10.7. The SMILES string of the molecule is CC(N)c1nocc1C1CCCCCC1. The summed E-state index contributed by atoms with van der Waals surface area (Å²) < 4.78 is 5.07. The lowest BCUT2D eigenvalue weighted by atomic mass is 9.91. The predicted octanol–water partition coefficient (Wildman–Crippen LogP) is 3.13. The van der Waals surface area contributed by atoms with Crippen molar-refractivity contribution in [3.8, 4) is 0 Å². The molecule has 0 aliphatic heterocycles. The van der Waals surface area contributed by atoms with Crippen LogP contribution in [0, 0.1) is 0 Å².